The van der Waals surface area contributed by atoms with E-state index in [0.29, 0.717) is 18.5 Å². The lowest BCUT2D eigenvalue weighted by Crippen LogP contribution is -2.38. The molecule has 108 valence electrons. The van der Waals surface area contributed by atoms with Crippen molar-refractivity contribution in [2.24, 2.45) is 18.7 Å². The highest BCUT2D eigenvalue weighted by molar-refractivity contribution is 5.78. The van der Waals surface area contributed by atoms with Crippen molar-refractivity contribution in [1.29, 1.82) is 0 Å². The molecule has 3 N–H and O–H groups in total. The van der Waals surface area contributed by atoms with Crippen LogP contribution in [0.5, 0.6) is 0 Å². The van der Waals surface area contributed by atoms with E-state index in [1.54, 1.807) is 0 Å². The van der Waals surface area contributed by atoms with Gasteiger partial charge in [0.05, 0.1) is 11.0 Å². The van der Waals surface area contributed by atoms with Gasteiger partial charge in [-0.1, -0.05) is 31.4 Å². The molecule has 1 atom stereocenters. The average Bonchev–Trinajstić information content (AvgIpc) is 2.82. The number of imidazole rings is 1. The number of fused-ring (bicyclic) bond motifs is 1. The molecule has 1 heterocycles. The largest absolute Gasteiger partial charge is 0.351 e. The highest BCUT2D eigenvalue weighted by atomic mass is 15.2. The Kier molecular flexibility index (Phi) is 3.92. The number of aryl methyl sites for hydroxylation is 1. The smallest absolute Gasteiger partial charge is 0.203 e. The summed E-state index contributed by atoms with van der Waals surface area (Å²) in [5.74, 6) is 1.63. The molecule has 0 spiro atoms. The third-order valence-electron chi connectivity index (χ3n) is 4.57. The van der Waals surface area contributed by atoms with E-state index in [1.807, 2.05) is 6.07 Å². The van der Waals surface area contributed by atoms with E-state index in [0.717, 1.165) is 17.0 Å². The third-order valence-corrected chi connectivity index (χ3v) is 4.57. The maximum atomic E-state index is 6.00. The topological polar surface area (TPSA) is 55.9 Å². The van der Waals surface area contributed by atoms with Crippen LogP contribution in [0.3, 0.4) is 0 Å². The van der Waals surface area contributed by atoms with Crippen LogP contribution in [0.1, 0.15) is 32.1 Å². The summed E-state index contributed by atoms with van der Waals surface area (Å²) in [4.78, 5) is 4.69. The summed E-state index contributed by atoms with van der Waals surface area (Å²) in [6.45, 7) is 0.674. The predicted octanol–water partition coefficient (Wildman–Crippen LogP) is 2.89. The van der Waals surface area contributed by atoms with Gasteiger partial charge in [-0.2, -0.15) is 0 Å². The maximum absolute atomic E-state index is 6.00. The zero-order valence-electron chi connectivity index (χ0n) is 12.2. The number of nitrogens with zero attached hydrogens (tertiary/aromatic N) is 2. The van der Waals surface area contributed by atoms with Crippen LogP contribution < -0.4 is 11.1 Å². The van der Waals surface area contributed by atoms with Crippen molar-refractivity contribution in [2.75, 3.05) is 11.9 Å². The van der Waals surface area contributed by atoms with Crippen LogP contribution in [-0.2, 0) is 7.05 Å². The molecule has 1 fully saturated rings. The summed E-state index contributed by atoms with van der Waals surface area (Å²) >= 11 is 0. The summed E-state index contributed by atoms with van der Waals surface area (Å²) < 4.78 is 2.13. The molecule has 1 unspecified atom stereocenters. The Hall–Kier alpha value is -1.55. The SMILES string of the molecule is Cn1c(NC(CN)C2CCCCC2)nc2ccccc21. The van der Waals surface area contributed by atoms with Crippen LogP contribution in [0.2, 0.25) is 0 Å². The molecule has 1 aliphatic carbocycles. The van der Waals surface area contributed by atoms with Crippen LogP contribution >= 0.6 is 0 Å². The maximum Gasteiger partial charge on any atom is 0.203 e. The highest BCUT2D eigenvalue weighted by Crippen LogP contribution is 2.28. The van der Waals surface area contributed by atoms with E-state index in [2.05, 4.69) is 35.1 Å². The fourth-order valence-corrected chi connectivity index (χ4v) is 3.35. The quantitative estimate of drug-likeness (QED) is 0.900. The second-order valence-electron chi connectivity index (χ2n) is 5.87. The molecule has 1 aliphatic rings. The molecule has 1 aromatic carbocycles. The Morgan fingerprint density at radius 1 is 1.30 bits per heavy atom. The standard InChI is InChI=1S/C16H24N4/c1-20-15-10-6-5-9-13(15)18-16(20)19-14(11-17)12-7-3-2-4-8-12/h5-6,9-10,12,14H,2-4,7-8,11,17H2,1H3,(H,18,19). The number of hydrogen-bond acceptors (Lipinski definition) is 3. The van der Waals surface area contributed by atoms with Crippen molar-refractivity contribution in [3.63, 3.8) is 0 Å². The molecule has 4 heteroatoms. The van der Waals surface area contributed by atoms with Crippen molar-refractivity contribution in [2.45, 2.75) is 38.1 Å². The van der Waals surface area contributed by atoms with E-state index in [4.69, 9.17) is 10.7 Å². The monoisotopic (exact) mass is 272 g/mol. The van der Waals surface area contributed by atoms with Crippen LogP contribution in [0.25, 0.3) is 11.0 Å². The van der Waals surface area contributed by atoms with Crippen molar-refractivity contribution in [1.82, 2.24) is 9.55 Å². The average molecular weight is 272 g/mol. The van der Waals surface area contributed by atoms with Gasteiger partial charge in [-0.05, 0) is 30.9 Å². The van der Waals surface area contributed by atoms with Crippen molar-refractivity contribution in [3.05, 3.63) is 24.3 Å². The lowest BCUT2D eigenvalue weighted by atomic mass is 9.84. The molecule has 2 aromatic rings. The second kappa shape index (κ2) is 5.83. The van der Waals surface area contributed by atoms with Gasteiger partial charge in [-0.3, -0.25) is 0 Å². The minimum atomic E-state index is 0.339. The van der Waals surface area contributed by atoms with Gasteiger partial charge in [0, 0.05) is 19.6 Å². The van der Waals surface area contributed by atoms with Gasteiger partial charge >= 0.3 is 0 Å². The van der Waals surface area contributed by atoms with E-state index in [9.17, 15) is 0 Å². The first-order chi connectivity index (χ1) is 9.79. The Labute approximate surface area is 120 Å². The van der Waals surface area contributed by atoms with Crippen LogP contribution in [0, 0.1) is 5.92 Å². The van der Waals surface area contributed by atoms with Crippen molar-refractivity contribution >= 4 is 17.0 Å². The normalized spacial score (nSPS) is 18.3. The minimum Gasteiger partial charge on any atom is -0.351 e. The molecule has 0 saturated heterocycles. The second-order valence-corrected chi connectivity index (χ2v) is 5.87. The van der Waals surface area contributed by atoms with Gasteiger partial charge in [0.2, 0.25) is 5.95 Å². The van der Waals surface area contributed by atoms with Gasteiger partial charge in [0.15, 0.2) is 0 Å². The van der Waals surface area contributed by atoms with Crippen molar-refractivity contribution < 1.29 is 0 Å². The molecule has 20 heavy (non-hydrogen) atoms. The number of benzene rings is 1. The van der Waals surface area contributed by atoms with Gasteiger partial charge in [0.1, 0.15) is 0 Å². The highest BCUT2D eigenvalue weighted by Gasteiger charge is 2.23. The first kappa shape index (κ1) is 13.4. The number of nitrogens with one attached hydrogen (secondary N) is 1. The molecule has 4 nitrogen and oxygen atoms in total. The van der Waals surface area contributed by atoms with Crippen LogP contribution in [0.4, 0.5) is 5.95 Å². The number of para-hydroxylation sites is 2. The summed E-state index contributed by atoms with van der Waals surface area (Å²) in [7, 11) is 2.06. The Bertz CT molecular complexity index is 569. The fourth-order valence-electron chi connectivity index (χ4n) is 3.35. The molecule has 0 amide bonds. The predicted molar refractivity (Wildman–Crippen MR) is 83.8 cm³/mol. The fraction of sp³-hybridized carbons (Fsp3) is 0.562. The van der Waals surface area contributed by atoms with Crippen LogP contribution in [-0.4, -0.2) is 22.1 Å². The molecule has 0 radical (unpaired) electrons. The number of nitrogens with two attached hydrogens (primary N) is 1. The molecule has 0 aliphatic heterocycles. The Morgan fingerprint density at radius 3 is 2.75 bits per heavy atom. The van der Waals surface area contributed by atoms with Gasteiger partial charge in [-0.25, -0.2) is 4.98 Å². The Balaban J connectivity index is 1.81. The first-order valence-electron chi connectivity index (χ1n) is 7.67. The molecule has 3 rings (SSSR count). The van der Waals surface area contributed by atoms with Crippen LogP contribution in [0.15, 0.2) is 24.3 Å². The number of anilines is 1. The van der Waals surface area contributed by atoms with E-state index in [-0.39, 0.29) is 0 Å². The number of rotatable bonds is 4. The molecular weight excluding hydrogens is 248 g/mol. The lowest BCUT2D eigenvalue weighted by molar-refractivity contribution is 0.319. The van der Waals surface area contributed by atoms with Crippen molar-refractivity contribution in [3.8, 4) is 0 Å². The van der Waals surface area contributed by atoms with E-state index < -0.39 is 0 Å². The zero-order chi connectivity index (χ0) is 13.9. The molecule has 0 bridgehead atoms. The summed E-state index contributed by atoms with van der Waals surface area (Å²) in [6, 6.07) is 8.57. The zero-order valence-corrected chi connectivity index (χ0v) is 12.2. The van der Waals surface area contributed by atoms with E-state index >= 15 is 0 Å². The summed E-state index contributed by atoms with van der Waals surface area (Å²) in [5.41, 5.74) is 8.20. The number of hydrogen-bond donors (Lipinski definition) is 2. The summed E-state index contributed by atoms with van der Waals surface area (Å²) in [5, 5.41) is 3.58. The lowest BCUT2D eigenvalue weighted by Gasteiger charge is -2.30. The summed E-state index contributed by atoms with van der Waals surface area (Å²) in [6.07, 6.45) is 6.63. The molecule has 1 aromatic heterocycles. The number of aromatic nitrogens is 2. The first-order valence-corrected chi connectivity index (χ1v) is 7.67. The van der Waals surface area contributed by atoms with Gasteiger partial charge in [-0.15, -0.1) is 0 Å². The molecule has 1 saturated carbocycles. The molecular formula is C16H24N4. The Morgan fingerprint density at radius 2 is 2.05 bits per heavy atom. The van der Waals surface area contributed by atoms with Gasteiger partial charge < -0.3 is 15.6 Å². The minimum absolute atomic E-state index is 0.339. The third kappa shape index (κ3) is 2.52. The van der Waals surface area contributed by atoms with E-state index in [1.165, 1.54) is 32.1 Å². The van der Waals surface area contributed by atoms with Gasteiger partial charge in [0.25, 0.3) is 0 Å².